The van der Waals surface area contributed by atoms with E-state index in [1.807, 2.05) is 78.3 Å². The third-order valence-corrected chi connectivity index (χ3v) is 8.94. The predicted molar refractivity (Wildman–Crippen MR) is 162 cm³/mol. The average molecular weight is 585 g/mol. The monoisotopic (exact) mass is 584 g/mol. The van der Waals surface area contributed by atoms with Gasteiger partial charge < -0.3 is 19.4 Å². The van der Waals surface area contributed by atoms with Crippen LogP contribution in [0.15, 0.2) is 66.7 Å². The van der Waals surface area contributed by atoms with Crippen LogP contribution in [0.25, 0.3) is 11.0 Å². The SMILES string of the molecule is Cn1c(COc2ccc(C[C@]3(C)SC(=O)NC3=O)cc2)nc2ccc(Oc3ccc(NC(=O)C4CCCC4)cc3)cc21. The Hall–Kier alpha value is -4.31. The molecule has 1 aliphatic heterocycles. The second kappa shape index (κ2) is 11.5. The van der Waals surface area contributed by atoms with Gasteiger partial charge in [-0.3, -0.25) is 19.7 Å². The molecule has 1 saturated heterocycles. The first-order valence-electron chi connectivity index (χ1n) is 14.1. The van der Waals surface area contributed by atoms with Crippen LogP contribution in [0.4, 0.5) is 10.5 Å². The fraction of sp³-hybridized carbons (Fsp3) is 0.312. The number of anilines is 1. The van der Waals surface area contributed by atoms with Gasteiger partial charge in [-0.2, -0.15) is 0 Å². The van der Waals surface area contributed by atoms with E-state index < -0.39 is 4.75 Å². The van der Waals surface area contributed by atoms with Crippen molar-refractivity contribution in [1.82, 2.24) is 14.9 Å². The summed E-state index contributed by atoms with van der Waals surface area (Å²) in [5, 5.41) is 5.06. The van der Waals surface area contributed by atoms with Gasteiger partial charge >= 0.3 is 0 Å². The number of amides is 3. The summed E-state index contributed by atoms with van der Waals surface area (Å²) in [6.07, 6.45) is 4.64. The molecule has 0 radical (unpaired) electrons. The largest absolute Gasteiger partial charge is 0.486 e. The molecule has 1 atom stereocenters. The van der Waals surface area contributed by atoms with Gasteiger partial charge in [0.05, 0.1) is 11.0 Å². The van der Waals surface area contributed by atoms with Crippen LogP contribution in [0.2, 0.25) is 0 Å². The number of nitrogens with zero attached hydrogens (tertiary/aromatic N) is 2. The molecular formula is C32H32N4O5S. The molecule has 1 aromatic heterocycles. The molecular weight excluding hydrogens is 552 g/mol. The number of ether oxygens (including phenoxy) is 2. The molecule has 42 heavy (non-hydrogen) atoms. The Kier molecular flexibility index (Phi) is 7.64. The Balaban J connectivity index is 1.06. The molecule has 0 bridgehead atoms. The van der Waals surface area contributed by atoms with Crippen LogP contribution in [0, 0.1) is 5.92 Å². The lowest BCUT2D eigenvalue weighted by molar-refractivity contribution is -0.121. The lowest BCUT2D eigenvalue weighted by Crippen LogP contribution is -2.35. The smallest absolute Gasteiger partial charge is 0.286 e. The number of rotatable bonds is 9. The molecule has 1 saturated carbocycles. The zero-order chi connectivity index (χ0) is 29.3. The van der Waals surface area contributed by atoms with Crippen LogP contribution in [-0.2, 0) is 29.7 Å². The summed E-state index contributed by atoms with van der Waals surface area (Å²) in [5.41, 5.74) is 3.46. The molecule has 9 nitrogen and oxygen atoms in total. The van der Waals surface area contributed by atoms with Gasteiger partial charge in [0.15, 0.2) is 0 Å². The topological polar surface area (TPSA) is 112 Å². The van der Waals surface area contributed by atoms with Crippen molar-refractivity contribution in [2.45, 2.75) is 50.4 Å². The fourth-order valence-corrected chi connectivity index (χ4v) is 6.38. The van der Waals surface area contributed by atoms with E-state index >= 15 is 0 Å². The first-order chi connectivity index (χ1) is 20.3. The number of benzene rings is 3. The summed E-state index contributed by atoms with van der Waals surface area (Å²) >= 11 is 1.03. The quantitative estimate of drug-likeness (QED) is 0.236. The Morgan fingerprint density at radius 3 is 2.40 bits per heavy atom. The third-order valence-electron chi connectivity index (χ3n) is 7.88. The Morgan fingerprint density at radius 1 is 1.02 bits per heavy atom. The Morgan fingerprint density at radius 2 is 1.71 bits per heavy atom. The van der Waals surface area contributed by atoms with Crippen LogP contribution >= 0.6 is 11.8 Å². The summed E-state index contributed by atoms with van der Waals surface area (Å²) in [6, 6.07) is 20.7. The highest BCUT2D eigenvalue weighted by Gasteiger charge is 2.43. The van der Waals surface area contributed by atoms with E-state index in [4.69, 9.17) is 14.5 Å². The van der Waals surface area contributed by atoms with Gasteiger partial charge in [-0.15, -0.1) is 0 Å². The minimum atomic E-state index is -0.801. The number of aromatic nitrogens is 2. The zero-order valence-corrected chi connectivity index (χ0v) is 24.3. The molecule has 4 aromatic rings. The number of imidazole rings is 1. The number of hydrogen-bond donors (Lipinski definition) is 2. The minimum Gasteiger partial charge on any atom is -0.486 e. The van der Waals surface area contributed by atoms with Gasteiger partial charge in [-0.05, 0) is 92.0 Å². The number of aryl methyl sites for hydroxylation is 1. The molecule has 3 aromatic carbocycles. The van der Waals surface area contributed by atoms with Crippen LogP contribution < -0.4 is 20.1 Å². The predicted octanol–water partition coefficient (Wildman–Crippen LogP) is 6.36. The van der Waals surface area contributed by atoms with Crippen LogP contribution in [0.1, 0.15) is 44.0 Å². The number of hydrogen-bond acceptors (Lipinski definition) is 7. The summed E-state index contributed by atoms with van der Waals surface area (Å²) in [7, 11) is 1.94. The van der Waals surface area contributed by atoms with Crippen molar-refractivity contribution < 1.29 is 23.9 Å². The second-order valence-corrected chi connectivity index (χ2v) is 12.5. The lowest BCUT2D eigenvalue weighted by atomic mass is 9.99. The van der Waals surface area contributed by atoms with E-state index in [0.717, 1.165) is 65.6 Å². The number of thioether (sulfide) groups is 1. The van der Waals surface area contributed by atoms with Gasteiger partial charge in [-0.25, -0.2) is 4.98 Å². The first kappa shape index (κ1) is 27.8. The van der Waals surface area contributed by atoms with Gasteiger partial charge in [0.1, 0.15) is 34.4 Å². The number of carbonyl (C=O) groups excluding carboxylic acids is 3. The van der Waals surface area contributed by atoms with E-state index in [9.17, 15) is 14.4 Å². The van der Waals surface area contributed by atoms with Gasteiger partial charge in [-0.1, -0.05) is 25.0 Å². The number of carbonyl (C=O) groups is 3. The summed E-state index contributed by atoms with van der Waals surface area (Å²) in [6.45, 7) is 2.05. The average Bonchev–Trinajstić information content (AvgIpc) is 3.68. The van der Waals surface area contributed by atoms with E-state index in [0.29, 0.717) is 23.7 Å². The zero-order valence-electron chi connectivity index (χ0n) is 23.5. The van der Waals surface area contributed by atoms with Crippen LogP contribution in [0.3, 0.4) is 0 Å². The van der Waals surface area contributed by atoms with E-state index in [1.165, 1.54) is 0 Å². The molecule has 2 aliphatic rings. The van der Waals surface area contributed by atoms with Crippen molar-refractivity contribution in [2.24, 2.45) is 13.0 Å². The summed E-state index contributed by atoms with van der Waals surface area (Å²) in [4.78, 5) is 40.8. The third kappa shape index (κ3) is 5.99. The Labute approximate surface area is 248 Å². The van der Waals surface area contributed by atoms with Crippen molar-refractivity contribution in [3.05, 3.63) is 78.1 Å². The van der Waals surface area contributed by atoms with Crippen molar-refractivity contribution in [1.29, 1.82) is 0 Å². The maximum atomic E-state index is 12.4. The van der Waals surface area contributed by atoms with E-state index in [2.05, 4.69) is 10.6 Å². The second-order valence-electron chi connectivity index (χ2n) is 11.0. The fourth-order valence-electron chi connectivity index (χ4n) is 5.45. The summed E-state index contributed by atoms with van der Waals surface area (Å²) < 4.78 is 13.3. The lowest BCUT2D eigenvalue weighted by Gasteiger charge is -2.18. The highest BCUT2D eigenvalue weighted by atomic mass is 32.2. The van der Waals surface area contributed by atoms with Crippen molar-refractivity contribution in [2.75, 3.05) is 5.32 Å². The number of fused-ring (bicyclic) bond motifs is 1. The molecule has 216 valence electrons. The molecule has 6 rings (SSSR count). The molecule has 0 unspecified atom stereocenters. The van der Waals surface area contributed by atoms with Gasteiger partial charge in [0.25, 0.3) is 5.24 Å². The standard InChI is InChI=1S/C32H32N4O5S/c1-32(30(38)35-31(39)42-32)18-20-7-11-23(12-8-20)40-19-28-34-26-16-15-25(17-27(26)36(28)2)41-24-13-9-22(10-14-24)33-29(37)21-5-3-4-6-21/h7-17,21H,3-6,18-19H2,1-2H3,(H,33,37)(H,35,38,39)/t32-/m0/s1. The van der Waals surface area contributed by atoms with Crippen LogP contribution in [0.5, 0.6) is 17.2 Å². The molecule has 0 spiro atoms. The number of nitrogens with one attached hydrogen (secondary N) is 2. The maximum Gasteiger partial charge on any atom is 0.286 e. The van der Waals surface area contributed by atoms with Crippen molar-refractivity contribution >= 4 is 45.5 Å². The van der Waals surface area contributed by atoms with E-state index in [-0.39, 0.29) is 29.6 Å². The maximum absolute atomic E-state index is 12.4. The van der Waals surface area contributed by atoms with Crippen LogP contribution in [-0.4, -0.2) is 31.4 Å². The molecule has 2 fully saturated rings. The molecule has 2 N–H and O–H groups in total. The Bertz CT molecular complexity index is 1640. The molecule has 2 heterocycles. The minimum absolute atomic E-state index is 0.0988. The molecule has 10 heteroatoms. The van der Waals surface area contributed by atoms with Crippen molar-refractivity contribution in [3.8, 4) is 17.2 Å². The highest BCUT2D eigenvalue weighted by molar-refractivity contribution is 8.16. The summed E-state index contributed by atoms with van der Waals surface area (Å²) in [5.74, 6) is 2.77. The first-order valence-corrected chi connectivity index (χ1v) is 14.9. The highest BCUT2D eigenvalue weighted by Crippen LogP contribution is 2.35. The number of imide groups is 1. The van der Waals surface area contributed by atoms with Gasteiger partial charge in [0, 0.05) is 24.7 Å². The molecule has 1 aliphatic carbocycles. The molecule has 3 amide bonds. The van der Waals surface area contributed by atoms with E-state index in [1.54, 1.807) is 6.92 Å². The normalized spacial score (nSPS) is 18.8. The van der Waals surface area contributed by atoms with Crippen molar-refractivity contribution in [3.63, 3.8) is 0 Å². The van der Waals surface area contributed by atoms with Gasteiger partial charge in [0.2, 0.25) is 11.8 Å².